The van der Waals surface area contributed by atoms with Crippen LogP contribution in [0.1, 0.15) is 31.9 Å². The van der Waals surface area contributed by atoms with Gasteiger partial charge < -0.3 is 10.1 Å². The lowest BCUT2D eigenvalue weighted by molar-refractivity contribution is -0.119. The standard InChI is InChI=1S/C23H19N3O3S3/c1-12-20(18-8-7-15(31-18)10-24-13(2)27)25-23(30-12)26-22(28)19-9-14-11-29-17-6-4-3-5-16(17)21(14)32-19/h3-9H,10-11H2,1-2H3,(H,24,27)(H,25,26,28). The van der Waals surface area contributed by atoms with E-state index in [1.54, 1.807) is 11.3 Å². The number of aromatic nitrogens is 1. The third-order valence-electron chi connectivity index (χ3n) is 4.97. The molecule has 1 aromatic carbocycles. The number of hydrogen-bond acceptors (Lipinski definition) is 7. The zero-order valence-corrected chi connectivity index (χ0v) is 19.8. The molecule has 0 fully saturated rings. The van der Waals surface area contributed by atoms with Gasteiger partial charge in [0.25, 0.3) is 5.91 Å². The number of anilines is 1. The van der Waals surface area contributed by atoms with Gasteiger partial charge in [-0.15, -0.1) is 34.0 Å². The van der Waals surface area contributed by atoms with Gasteiger partial charge in [0, 0.05) is 32.7 Å². The first-order valence-corrected chi connectivity index (χ1v) is 12.4. The van der Waals surface area contributed by atoms with Crippen LogP contribution < -0.4 is 15.4 Å². The summed E-state index contributed by atoms with van der Waals surface area (Å²) in [5.74, 6) is 0.627. The van der Waals surface area contributed by atoms with Crippen molar-refractivity contribution in [2.24, 2.45) is 0 Å². The van der Waals surface area contributed by atoms with Gasteiger partial charge >= 0.3 is 0 Å². The van der Waals surface area contributed by atoms with Crippen LogP contribution in [0.2, 0.25) is 0 Å². The molecule has 6 nitrogen and oxygen atoms in total. The minimum Gasteiger partial charge on any atom is -0.488 e. The van der Waals surface area contributed by atoms with Crippen LogP contribution in [0.25, 0.3) is 21.0 Å². The number of ether oxygens (including phenoxy) is 1. The van der Waals surface area contributed by atoms with Gasteiger partial charge in [-0.3, -0.25) is 14.9 Å². The predicted octanol–water partition coefficient (Wildman–Crippen LogP) is 5.69. The molecule has 0 radical (unpaired) electrons. The molecule has 0 unspecified atom stereocenters. The second-order valence-corrected chi connectivity index (χ2v) is 10.7. The van der Waals surface area contributed by atoms with E-state index in [9.17, 15) is 9.59 Å². The summed E-state index contributed by atoms with van der Waals surface area (Å²) >= 11 is 4.52. The number of rotatable bonds is 5. The number of aryl methyl sites for hydroxylation is 1. The summed E-state index contributed by atoms with van der Waals surface area (Å²) in [4.78, 5) is 33.6. The van der Waals surface area contributed by atoms with E-state index in [0.29, 0.717) is 23.2 Å². The molecular formula is C23H19N3O3S3. The highest BCUT2D eigenvalue weighted by Gasteiger charge is 2.23. The zero-order chi connectivity index (χ0) is 22.2. The quantitative estimate of drug-likeness (QED) is 0.384. The number of amides is 2. The van der Waals surface area contributed by atoms with Crippen molar-refractivity contribution in [1.82, 2.24) is 10.3 Å². The zero-order valence-electron chi connectivity index (χ0n) is 17.4. The first-order chi connectivity index (χ1) is 15.5. The Morgan fingerprint density at radius 1 is 1.12 bits per heavy atom. The van der Waals surface area contributed by atoms with E-state index < -0.39 is 0 Å². The number of nitrogens with one attached hydrogen (secondary N) is 2. The molecule has 1 aliphatic rings. The van der Waals surface area contributed by atoms with Crippen molar-refractivity contribution in [1.29, 1.82) is 0 Å². The minimum atomic E-state index is -0.167. The molecule has 4 heterocycles. The number of para-hydroxylation sites is 1. The van der Waals surface area contributed by atoms with E-state index in [4.69, 9.17) is 4.74 Å². The molecule has 0 aliphatic carbocycles. The van der Waals surface area contributed by atoms with E-state index in [1.807, 2.05) is 49.4 Å². The number of nitrogens with zero attached hydrogens (tertiary/aromatic N) is 1. The fourth-order valence-electron chi connectivity index (χ4n) is 3.46. The van der Waals surface area contributed by atoms with Crippen LogP contribution >= 0.6 is 34.0 Å². The van der Waals surface area contributed by atoms with Gasteiger partial charge in [-0.05, 0) is 37.3 Å². The molecule has 0 atom stereocenters. The van der Waals surface area contributed by atoms with Gasteiger partial charge in [0.15, 0.2) is 5.13 Å². The minimum absolute atomic E-state index is 0.0555. The fraction of sp³-hybridized carbons (Fsp3) is 0.174. The van der Waals surface area contributed by atoms with Gasteiger partial charge in [0.1, 0.15) is 12.4 Å². The smallest absolute Gasteiger partial charge is 0.267 e. The topological polar surface area (TPSA) is 80.3 Å². The Bertz CT molecular complexity index is 1340. The van der Waals surface area contributed by atoms with Gasteiger partial charge in [-0.1, -0.05) is 12.1 Å². The molecule has 0 spiro atoms. The van der Waals surface area contributed by atoms with Gasteiger partial charge in [0.2, 0.25) is 5.91 Å². The average Bonchev–Trinajstić information content (AvgIpc) is 3.50. The number of benzene rings is 1. The summed E-state index contributed by atoms with van der Waals surface area (Å²) in [7, 11) is 0. The number of fused-ring (bicyclic) bond motifs is 3. The molecule has 0 saturated heterocycles. The molecule has 32 heavy (non-hydrogen) atoms. The number of hydrogen-bond donors (Lipinski definition) is 2. The van der Waals surface area contributed by atoms with Crippen LogP contribution in [0, 0.1) is 6.92 Å². The summed E-state index contributed by atoms with van der Waals surface area (Å²) < 4.78 is 5.80. The van der Waals surface area contributed by atoms with Gasteiger partial charge in [-0.25, -0.2) is 4.98 Å². The second kappa shape index (κ2) is 8.50. The summed E-state index contributed by atoms with van der Waals surface area (Å²) in [6.07, 6.45) is 0. The number of carbonyl (C=O) groups is 2. The van der Waals surface area contributed by atoms with Crippen LogP contribution in [0.3, 0.4) is 0 Å². The third kappa shape index (κ3) is 4.06. The third-order valence-corrected chi connectivity index (χ3v) is 8.16. The highest BCUT2D eigenvalue weighted by atomic mass is 32.1. The molecule has 9 heteroatoms. The van der Waals surface area contributed by atoms with Crippen LogP contribution in [-0.2, 0) is 17.9 Å². The molecule has 162 valence electrons. The SMILES string of the molecule is CC(=O)NCc1ccc(-c2nc(NC(=O)c3cc4c(s3)-c3ccccc3OC4)sc2C)s1. The van der Waals surface area contributed by atoms with E-state index in [-0.39, 0.29) is 11.8 Å². The highest BCUT2D eigenvalue weighted by molar-refractivity contribution is 7.19. The summed E-state index contributed by atoms with van der Waals surface area (Å²) in [5, 5.41) is 6.33. The lowest BCUT2D eigenvalue weighted by atomic mass is 10.1. The largest absolute Gasteiger partial charge is 0.488 e. The average molecular weight is 482 g/mol. The van der Waals surface area contributed by atoms with Crippen LogP contribution in [0.5, 0.6) is 5.75 Å². The number of thiophene rings is 2. The van der Waals surface area contributed by atoms with Crippen LogP contribution in [0.15, 0.2) is 42.5 Å². The van der Waals surface area contributed by atoms with Crippen molar-refractivity contribution in [2.45, 2.75) is 27.0 Å². The Labute approximate surface area is 196 Å². The maximum absolute atomic E-state index is 12.9. The molecule has 2 N–H and O–H groups in total. The molecular weight excluding hydrogens is 462 g/mol. The van der Waals surface area contributed by atoms with Crippen molar-refractivity contribution < 1.29 is 14.3 Å². The van der Waals surface area contributed by atoms with Crippen molar-refractivity contribution in [3.63, 3.8) is 0 Å². The Kier molecular flexibility index (Phi) is 5.54. The maximum Gasteiger partial charge on any atom is 0.267 e. The van der Waals surface area contributed by atoms with E-state index in [2.05, 4.69) is 15.6 Å². The highest BCUT2D eigenvalue weighted by Crippen LogP contribution is 2.42. The lowest BCUT2D eigenvalue weighted by Crippen LogP contribution is -2.17. The normalized spacial score (nSPS) is 11.9. The van der Waals surface area contributed by atoms with Crippen molar-refractivity contribution >= 4 is 51.0 Å². The number of thiazole rings is 1. The van der Waals surface area contributed by atoms with Gasteiger partial charge in [0.05, 0.1) is 22.0 Å². The fourth-order valence-corrected chi connectivity index (χ4v) is 6.43. The predicted molar refractivity (Wildman–Crippen MR) is 130 cm³/mol. The monoisotopic (exact) mass is 481 g/mol. The molecule has 1 aliphatic heterocycles. The van der Waals surface area contributed by atoms with Crippen molar-refractivity contribution in [3.05, 3.63) is 62.7 Å². The molecule has 2 amide bonds. The van der Waals surface area contributed by atoms with Crippen LogP contribution in [-0.4, -0.2) is 16.8 Å². The first-order valence-electron chi connectivity index (χ1n) is 9.95. The Morgan fingerprint density at radius 2 is 1.97 bits per heavy atom. The number of carbonyl (C=O) groups excluding carboxylic acids is 2. The van der Waals surface area contributed by atoms with Gasteiger partial charge in [-0.2, -0.15) is 0 Å². The second-order valence-electron chi connectivity index (χ2n) is 7.30. The first kappa shape index (κ1) is 20.9. The Balaban J connectivity index is 1.33. The summed E-state index contributed by atoms with van der Waals surface area (Å²) in [6.45, 7) is 4.47. The van der Waals surface area contributed by atoms with E-state index in [0.717, 1.165) is 42.1 Å². The summed E-state index contributed by atoms with van der Waals surface area (Å²) in [5.41, 5.74) is 2.91. The van der Waals surface area contributed by atoms with E-state index in [1.165, 1.54) is 29.6 Å². The molecule has 5 rings (SSSR count). The molecule has 4 aromatic rings. The Hall–Kier alpha value is -3.01. The molecule has 0 saturated carbocycles. The molecule has 3 aromatic heterocycles. The maximum atomic E-state index is 12.9. The van der Waals surface area contributed by atoms with Crippen LogP contribution in [0.4, 0.5) is 5.13 Å². The summed E-state index contributed by atoms with van der Waals surface area (Å²) in [6, 6.07) is 13.8. The Morgan fingerprint density at radius 3 is 2.81 bits per heavy atom. The van der Waals surface area contributed by atoms with Crippen molar-refractivity contribution in [3.8, 4) is 26.8 Å². The lowest BCUT2D eigenvalue weighted by Gasteiger charge is -2.16. The molecule has 0 bridgehead atoms. The van der Waals surface area contributed by atoms with Crippen molar-refractivity contribution in [2.75, 3.05) is 5.32 Å². The van der Waals surface area contributed by atoms with E-state index >= 15 is 0 Å².